The first-order chi connectivity index (χ1) is 14.8. The molecule has 0 amide bonds. The van der Waals surface area contributed by atoms with Crippen LogP contribution in [0, 0.1) is 0 Å². The van der Waals surface area contributed by atoms with E-state index < -0.39 is 13.5 Å². The molecule has 0 nitrogen and oxygen atoms in total. The first kappa shape index (κ1) is 20.0. The fourth-order valence-electron chi connectivity index (χ4n) is 4.60. The Kier molecular flexibility index (Phi) is 5.76. The molecule has 4 aromatic rings. The van der Waals surface area contributed by atoms with Crippen molar-refractivity contribution in [2.45, 2.75) is 6.42 Å². The maximum Gasteiger partial charge on any atom is 0.128 e. The second-order valence-corrected chi connectivity index (χ2v) is 20.2. The van der Waals surface area contributed by atoms with E-state index in [1.165, 1.54) is 18.7 Å². The molecule has 0 aromatic heterocycles. The molecule has 0 saturated heterocycles. The molecule has 148 valence electrons. The predicted octanol–water partition coefficient (Wildman–Crippen LogP) is 6.50. The van der Waals surface area contributed by atoms with Gasteiger partial charge >= 0.3 is 0 Å². The van der Waals surface area contributed by atoms with Gasteiger partial charge in [0, 0.05) is 6.55 Å². The SMILES string of the molecule is c1ccc(P2(c3ccccc3)=P[P+](c3ccccc3)(c3ccccc3)CCC2)cc1. The molecule has 1 heterocycles. The highest BCUT2D eigenvalue weighted by molar-refractivity contribution is 8.52. The van der Waals surface area contributed by atoms with Crippen LogP contribution in [0.1, 0.15) is 6.42 Å². The van der Waals surface area contributed by atoms with E-state index in [1.54, 1.807) is 28.8 Å². The molecule has 0 saturated carbocycles. The molecule has 0 radical (unpaired) electrons. The van der Waals surface area contributed by atoms with E-state index in [0.717, 1.165) is 0 Å². The van der Waals surface area contributed by atoms with Crippen LogP contribution in [0.25, 0.3) is 0 Å². The molecular weight excluding hydrogens is 417 g/mol. The zero-order valence-electron chi connectivity index (χ0n) is 17.0. The summed E-state index contributed by atoms with van der Waals surface area (Å²) in [7, 11) is 1.66. The van der Waals surface area contributed by atoms with E-state index in [-0.39, 0.29) is 0 Å². The summed E-state index contributed by atoms with van der Waals surface area (Å²) in [6, 6.07) is 45.6. The smallest absolute Gasteiger partial charge is 0.0622 e. The molecule has 4 aromatic carbocycles. The van der Waals surface area contributed by atoms with Gasteiger partial charge in [0.2, 0.25) is 0 Å². The van der Waals surface area contributed by atoms with E-state index in [0.29, 0.717) is 0 Å². The largest absolute Gasteiger partial charge is 0.128 e. The van der Waals surface area contributed by atoms with Crippen molar-refractivity contribution in [2.24, 2.45) is 0 Å². The first-order valence-electron chi connectivity index (χ1n) is 10.6. The zero-order chi connectivity index (χ0) is 20.3. The monoisotopic (exact) mass is 443 g/mol. The van der Waals surface area contributed by atoms with Crippen molar-refractivity contribution in [3.05, 3.63) is 121 Å². The summed E-state index contributed by atoms with van der Waals surface area (Å²) in [6.07, 6.45) is 3.91. The van der Waals surface area contributed by atoms with Gasteiger partial charge in [-0.15, -0.1) is 0 Å². The fraction of sp³-hybridized carbons (Fsp3) is 0.111. The Labute approximate surface area is 182 Å². The summed E-state index contributed by atoms with van der Waals surface area (Å²) in [4.78, 5) is 0. The van der Waals surface area contributed by atoms with Crippen molar-refractivity contribution in [3.8, 4) is 0 Å². The molecule has 0 N–H and O–H groups in total. The van der Waals surface area contributed by atoms with Crippen LogP contribution >= 0.6 is 21.1 Å². The van der Waals surface area contributed by atoms with Crippen molar-refractivity contribution in [3.63, 3.8) is 0 Å². The lowest BCUT2D eigenvalue weighted by molar-refractivity contribution is 1.11. The molecule has 3 heteroatoms. The lowest BCUT2D eigenvalue weighted by Gasteiger charge is -2.35. The van der Waals surface area contributed by atoms with Crippen molar-refractivity contribution in [1.29, 1.82) is 0 Å². The Bertz CT molecular complexity index is 1070. The topological polar surface area (TPSA) is 0 Å². The van der Waals surface area contributed by atoms with Crippen LogP contribution in [0.2, 0.25) is 0 Å². The number of hydrogen-bond donors (Lipinski definition) is 0. The lowest BCUT2D eigenvalue weighted by atomic mass is 10.4. The standard InChI is InChI=1S/C27H26P3/c1-5-14-24(15-6-1)29(25-16-7-2-8-17-25)22-13-23-30(28-29,26-18-9-3-10-19-26)27-20-11-4-12-21-27/h1-12,14-21H,13,22-23H2/q+1. The molecule has 30 heavy (non-hydrogen) atoms. The summed E-state index contributed by atoms with van der Waals surface area (Å²) in [5.41, 5.74) is 0. The number of hydrogen-bond acceptors (Lipinski definition) is 0. The van der Waals surface area contributed by atoms with Gasteiger partial charge in [0.05, 0.1) is 6.16 Å². The molecule has 0 bridgehead atoms. The van der Waals surface area contributed by atoms with Gasteiger partial charge in [-0.3, -0.25) is 0 Å². The average Bonchev–Trinajstić information content (AvgIpc) is 2.86. The van der Waals surface area contributed by atoms with Crippen LogP contribution in [0.4, 0.5) is 0 Å². The van der Waals surface area contributed by atoms with Gasteiger partial charge in [-0.1, -0.05) is 97.1 Å². The van der Waals surface area contributed by atoms with Gasteiger partial charge in [0.1, 0.15) is 25.1 Å². The van der Waals surface area contributed by atoms with Crippen LogP contribution in [0.5, 0.6) is 0 Å². The summed E-state index contributed by atoms with van der Waals surface area (Å²) < 4.78 is 0. The van der Waals surface area contributed by atoms with Crippen molar-refractivity contribution >= 4 is 42.3 Å². The second kappa shape index (κ2) is 8.65. The van der Waals surface area contributed by atoms with E-state index >= 15 is 0 Å². The first-order valence-corrected chi connectivity index (χ1v) is 16.8. The van der Waals surface area contributed by atoms with E-state index in [2.05, 4.69) is 121 Å². The van der Waals surface area contributed by atoms with Crippen molar-refractivity contribution < 1.29 is 0 Å². The third-order valence-corrected chi connectivity index (χ3v) is 24.4. The molecule has 0 aliphatic carbocycles. The Hall–Kier alpha value is -1.96. The van der Waals surface area contributed by atoms with E-state index in [1.807, 2.05) is 0 Å². The van der Waals surface area contributed by atoms with Crippen molar-refractivity contribution in [2.75, 3.05) is 12.3 Å². The van der Waals surface area contributed by atoms with E-state index in [9.17, 15) is 0 Å². The molecule has 1 aliphatic rings. The van der Waals surface area contributed by atoms with Gasteiger partial charge in [-0.2, -0.15) is 0 Å². The van der Waals surface area contributed by atoms with Gasteiger partial charge in [-0.25, -0.2) is 0 Å². The van der Waals surface area contributed by atoms with Crippen LogP contribution in [-0.4, -0.2) is 12.3 Å². The second-order valence-electron chi connectivity index (χ2n) is 7.77. The molecule has 0 atom stereocenters. The quantitative estimate of drug-likeness (QED) is 0.316. The van der Waals surface area contributed by atoms with Crippen LogP contribution < -0.4 is 21.2 Å². The Morgan fingerprint density at radius 3 is 1.37 bits per heavy atom. The minimum atomic E-state index is -1.53. The minimum Gasteiger partial charge on any atom is -0.0622 e. The zero-order valence-corrected chi connectivity index (χ0v) is 19.7. The Morgan fingerprint density at radius 2 is 0.933 bits per heavy atom. The summed E-state index contributed by atoms with van der Waals surface area (Å²) in [5.74, 6) is 0. The van der Waals surface area contributed by atoms with Gasteiger partial charge in [-0.05, 0) is 47.5 Å². The number of benzene rings is 4. The maximum absolute atomic E-state index is 2.39. The maximum atomic E-state index is 2.39. The van der Waals surface area contributed by atoms with Gasteiger partial charge in [0.25, 0.3) is 0 Å². The van der Waals surface area contributed by atoms with E-state index in [4.69, 9.17) is 0 Å². The highest BCUT2D eigenvalue weighted by Crippen LogP contribution is 2.81. The summed E-state index contributed by atoms with van der Waals surface area (Å²) in [5, 5.41) is 6.25. The number of rotatable bonds is 4. The van der Waals surface area contributed by atoms with Gasteiger partial charge in [0.15, 0.2) is 0 Å². The highest BCUT2D eigenvalue weighted by Gasteiger charge is 2.48. The normalized spacial score (nSPS) is 17.6. The Morgan fingerprint density at radius 1 is 0.533 bits per heavy atom. The van der Waals surface area contributed by atoms with Gasteiger partial charge < -0.3 is 0 Å². The molecule has 1 aliphatic heterocycles. The molecular formula is C27H26P3+. The third-order valence-electron chi connectivity index (χ3n) is 6.00. The predicted molar refractivity (Wildman–Crippen MR) is 139 cm³/mol. The van der Waals surface area contributed by atoms with Crippen LogP contribution in [-0.2, 0) is 0 Å². The average molecular weight is 443 g/mol. The lowest BCUT2D eigenvalue weighted by Crippen LogP contribution is -2.27. The summed E-state index contributed by atoms with van der Waals surface area (Å²) >= 11 is 0. The molecule has 5 rings (SSSR count). The third kappa shape index (κ3) is 3.53. The van der Waals surface area contributed by atoms with Crippen LogP contribution in [0.3, 0.4) is 0 Å². The minimum absolute atomic E-state index is 1.29. The fourth-order valence-corrected chi connectivity index (χ4v) is 27.3. The van der Waals surface area contributed by atoms with Crippen molar-refractivity contribution in [1.82, 2.24) is 0 Å². The molecule has 0 fully saturated rings. The molecule has 0 unspecified atom stereocenters. The summed E-state index contributed by atoms with van der Waals surface area (Å²) in [6.45, 7) is -3.05. The van der Waals surface area contributed by atoms with Crippen LogP contribution in [0.15, 0.2) is 121 Å². The Balaban J connectivity index is 1.87. The highest BCUT2D eigenvalue weighted by atomic mass is 32.3. The molecule has 0 spiro atoms.